The number of piperidine rings is 1. The zero-order valence-corrected chi connectivity index (χ0v) is 15.6. The standard InChI is InChI=1S/C22H25N3O2/c1-2-24-12-10-22(11-13-24)25-20(18-8-3-4-9-21(18)27-22)15-19(23-25)16-6-5-7-17(26)14-16/h3-9,14,20,26H,2,10-13,15H2,1H3. The van der Waals surface area contributed by atoms with Gasteiger partial charge in [-0.25, -0.2) is 5.01 Å². The number of phenols is 1. The molecule has 3 aliphatic heterocycles. The van der Waals surface area contributed by atoms with Gasteiger partial charge in [0.15, 0.2) is 0 Å². The minimum Gasteiger partial charge on any atom is -0.508 e. The van der Waals surface area contributed by atoms with Crippen LogP contribution in [0.15, 0.2) is 53.6 Å². The lowest BCUT2D eigenvalue weighted by atomic mass is 9.90. The molecule has 0 radical (unpaired) electrons. The highest BCUT2D eigenvalue weighted by Crippen LogP contribution is 2.49. The zero-order chi connectivity index (χ0) is 18.4. The van der Waals surface area contributed by atoms with E-state index < -0.39 is 0 Å². The predicted molar refractivity (Wildman–Crippen MR) is 105 cm³/mol. The SMILES string of the molecule is CCN1CCC2(CC1)Oc1ccccc1C1CC(c3cccc(O)c3)=NN12. The smallest absolute Gasteiger partial charge is 0.200 e. The van der Waals surface area contributed by atoms with E-state index in [2.05, 4.69) is 41.1 Å². The van der Waals surface area contributed by atoms with E-state index in [-0.39, 0.29) is 17.5 Å². The Bertz CT molecular complexity index is 887. The maximum absolute atomic E-state index is 9.89. The van der Waals surface area contributed by atoms with E-state index >= 15 is 0 Å². The lowest BCUT2D eigenvalue weighted by Gasteiger charge is -2.51. The van der Waals surface area contributed by atoms with Crippen LogP contribution in [0.3, 0.4) is 0 Å². The summed E-state index contributed by atoms with van der Waals surface area (Å²) in [6.07, 6.45) is 2.73. The molecule has 1 atom stereocenters. The molecule has 1 N–H and O–H groups in total. The highest BCUT2D eigenvalue weighted by Gasteiger charge is 2.51. The second kappa shape index (κ2) is 6.27. The molecule has 5 nitrogen and oxygen atoms in total. The summed E-state index contributed by atoms with van der Waals surface area (Å²) in [5, 5.41) is 17.2. The predicted octanol–water partition coefficient (Wildman–Crippen LogP) is 3.75. The summed E-state index contributed by atoms with van der Waals surface area (Å²) in [4.78, 5) is 2.47. The Morgan fingerprint density at radius 3 is 2.74 bits per heavy atom. The van der Waals surface area contributed by atoms with Gasteiger partial charge in [-0.15, -0.1) is 0 Å². The average Bonchev–Trinajstić information content (AvgIpc) is 3.16. The maximum atomic E-state index is 9.89. The van der Waals surface area contributed by atoms with Gasteiger partial charge in [0.1, 0.15) is 11.5 Å². The van der Waals surface area contributed by atoms with Crippen LogP contribution in [0.25, 0.3) is 0 Å². The zero-order valence-electron chi connectivity index (χ0n) is 15.6. The summed E-state index contributed by atoms with van der Waals surface area (Å²) in [5.74, 6) is 1.28. The number of rotatable bonds is 2. The van der Waals surface area contributed by atoms with Crippen molar-refractivity contribution in [3.63, 3.8) is 0 Å². The Hall–Kier alpha value is -2.53. The molecule has 0 bridgehead atoms. The van der Waals surface area contributed by atoms with Crippen molar-refractivity contribution in [2.24, 2.45) is 5.10 Å². The van der Waals surface area contributed by atoms with E-state index in [1.807, 2.05) is 12.1 Å². The van der Waals surface area contributed by atoms with Gasteiger partial charge in [0.2, 0.25) is 5.72 Å². The molecule has 5 rings (SSSR count). The molecule has 3 heterocycles. The van der Waals surface area contributed by atoms with Crippen molar-refractivity contribution in [2.45, 2.75) is 38.0 Å². The van der Waals surface area contributed by atoms with Crippen molar-refractivity contribution < 1.29 is 9.84 Å². The molecule has 5 heteroatoms. The van der Waals surface area contributed by atoms with Gasteiger partial charge in [0.25, 0.3) is 0 Å². The lowest BCUT2D eigenvalue weighted by Crippen LogP contribution is -2.59. The first-order valence-electron chi connectivity index (χ1n) is 9.85. The first-order chi connectivity index (χ1) is 13.2. The van der Waals surface area contributed by atoms with E-state index in [1.54, 1.807) is 12.1 Å². The normalized spacial score (nSPS) is 23.5. The second-order valence-corrected chi connectivity index (χ2v) is 7.68. The van der Waals surface area contributed by atoms with E-state index in [1.165, 1.54) is 5.56 Å². The Morgan fingerprint density at radius 2 is 1.96 bits per heavy atom. The van der Waals surface area contributed by atoms with Crippen LogP contribution in [-0.2, 0) is 0 Å². The number of phenolic OH excluding ortho intramolecular Hbond substituents is 1. The number of nitrogens with zero attached hydrogens (tertiary/aromatic N) is 3. The number of benzene rings is 2. The number of fused-ring (bicyclic) bond motifs is 4. The molecular weight excluding hydrogens is 338 g/mol. The Kier molecular flexibility index (Phi) is 3.86. The summed E-state index contributed by atoms with van der Waals surface area (Å²) in [7, 11) is 0. The van der Waals surface area contributed by atoms with Gasteiger partial charge >= 0.3 is 0 Å². The summed E-state index contributed by atoms with van der Waals surface area (Å²) in [5.41, 5.74) is 2.85. The van der Waals surface area contributed by atoms with Crippen LogP contribution in [0.2, 0.25) is 0 Å². The van der Waals surface area contributed by atoms with Crippen LogP contribution in [0.1, 0.15) is 43.4 Å². The molecule has 1 fully saturated rings. The fourth-order valence-electron chi connectivity index (χ4n) is 4.64. The van der Waals surface area contributed by atoms with Crippen molar-refractivity contribution in [3.05, 3.63) is 59.7 Å². The van der Waals surface area contributed by atoms with Crippen LogP contribution in [0, 0.1) is 0 Å². The monoisotopic (exact) mass is 363 g/mol. The topological polar surface area (TPSA) is 48.3 Å². The third kappa shape index (κ3) is 2.69. The third-order valence-electron chi connectivity index (χ3n) is 6.17. The van der Waals surface area contributed by atoms with Gasteiger partial charge in [-0.1, -0.05) is 37.3 Å². The Labute approximate surface area is 159 Å². The Balaban J connectivity index is 1.55. The molecule has 1 unspecified atom stereocenters. The molecule has 27 heavy (non-hydrogen) atoms. The molecule has 3 aliphatic rings. The van der Waals surface area contributed by atoms with Crippen LogP contribution in [-0.4, -0.2) is 46.1 Å². The fourth-order valence-corrected chi connectivity index (χ4v) is 4.64. The van der Waals surface area contributed by atoms with Crippen molar-refractivity contribution in [1.82, 2.24) is 9.91 Å². The van der Waals surface area contributed by atoms with Gasteiger partial charge in [-0.05, 0) is 24.7 Å². The van der Waals surface area contributed by atoms with Gasteiger partial charge in [-0.3, -0.25) is 0 Å². The first-order valence-corrected chi connectivity index (χ1v) is 9.85. The van der Waals surface area contributed by atoms with Gasteiger partial charge in [0, 0.05) is 43.5 Å². The largest absolute Gasteiger partial charge is 0.508 e. The third-order valence-corrected chi connectivity index (χ3v) is 6.17. The number of hydrogen-bond donors (Lipinski definition) is 1. The number of para-hydroxylation sites is 1. The minimum absolute atomic E-state index is 0.195. The average molecular weight is 363 g/mol. The number of hydrogen-bond acceptors (Lipinski definition) is 5. The summed E-state index contributed by atoms with van der Waals surface area (Å²) in [6, 6.07) is 16.0. The molecular formula is C22H25N3O2. The number of aromatic hydroxyl groups is 1. The first kappa shape index (κ1) is 16.6. The number of hydrazone groups is 1. The van der Waals surface area contributed by atoms with Crippen molar-refractivity contribution in [1.29, 1.82) is 0 Å². The van der Waals surface area contributed by atoms with Crippen molar-refractivity contribution in [3.8, 4) is 11.5 Å². The summed E-state index contributed by atoms with van der Waals surface area (Å²) in [6.45, 7) is 5.34. The van der Waals surface area contributed by atoms with Crippen LogP contribution in [0.4, 0.5) is 0 Å². The lowest BCUT2D eigenvalue weighted by molar-refractivity contribution is -0.149. The molecule has 0 saturated carbocycles. The summed E-state index contributed by atoms with van der Waals surface area (Å²) < 4.78 is 6.62. The van der Waals surface area contributed by atoms with Crippen molar-refractivity contribution >= 4 is 5.71 Å². The van der Waals surface area contributed by atoms with Gasteiger partial charge in [0.05, 0.1) is 11.8 Å². The van der Waals surface area contributed by atoms with Crippen molar-refractivity contribution in [2.75, 3.05) is 19.6 Å². The highest BCUT2D eigenvalue weighted by molar-refractivity contribution is 6.02. The fraction of sp³-hybridized carbons (Fsp3) is 0.409. The highest BCUT2D eigenvalue weighted by atomic mass is 16.5. The maximum Gasteiger partial charge on any atom is 0.200 e. The van der Waals surface area contributed by atoms with Crippen LogP contribution in [0.5, 0.6) is 11.5 Å². The molecule has 1 saturated heterocycles. The quantitative estimate of drug-likeness (QED) is 0.883. The van der Waals surface area contributed by atoms with E-state index in [0.29, 0.717) is 0 Å². The minimum atomic E-state index is -0.372. The number of ether oxygens (including phenoxy) is 1. The molecule has 2 aromatic carbocycles. The molecule has 0 amide bonds. The molecule has 140 valence electrons. The summed E-state index contributed by atoms with van der Waals surface area (Å²) >= 11 is 0. The number of likely N-dealkylation sites (tertiary alicyclic amines) is 1. The second-order valence-electron chi connectivity index (χ2n) is 7.68. The van der Waals surface area contributed by atoms with Crippen LogP contribution < -0.4 is 4.74 Å². The molecule has 0 aliphatic carbocycles. The van der Waals surface area contributed by atoms with Gasteiger partial charge in [-0.2, -0.15) is 5.10 Å². The molecule has 2 aromatic rings. The van der Waals surface area contributed by atoms with Gasteiger partial charge < -0.3 is 14.7 Å². The van der Waals surface area contributed by atoms with E-state index in [0.717, 1.165) is 55.9 Å². The van der Waals surface area contributed by atoms with E-state index in [4.69, 9.17) is 9.84 Å². The molecule has 1 spiro atoms. The Morgan fingerprint density at radius 1 is 1.15 bits per heavy atom. The van der Waals surface area contributed by atoms with E-state index in [9.17, 15) is 5.11 Å². The molecule has 0 aromatic heterocycles. The van der Waals surface area contributed by atoms with Crippen LogP contribution >= 0.6 is 0 Å².